The SMILES string of the molecule is Cc1cccn(CC(C)O)c1=O. The van der Waals surface area contributed by atoms with Crippen LogP contribution in [0.15, 0.2) is 23.1 Å². The molecule has 1 unspecified atom stereocenters. The third-order valence-electron chi connectivity index (χ3n) is 1.67. The van der Waals surface area contributed by atoms with E-state index >= 15 is 0 Å². The Morgan fingerprint density at radius 3 is 2.92 bits per heavy atom. The van der Waals surface area contributed by atoms with Gasteiger partial charge in [-0.05, 0) is 19.9 Å². The lowest BCUT2D eigenvalue weighted by atomic mass is 10.3. The fraction of sp³-hybridized carbons (Fsp3) is 0.444. The Labute approximate surface area is 71.3 Å². The van der Waals surface area contributed by atoms with Crippen molar-refractivity contribution in [2.45, 2.75) is 26.5 Å². The molecule has 3 heteroatoms. The second kappa shape index (κ2) is 3.54. The number of aliphatic hydroxyl groups is 1. The smallest absolute Gasteiger partial charge is 0.253 e. The summed E-state index contributed by atoms with van der Waals surface area (Å²) in [5.74, 6) is 0. The summed E-state index contributed by atoms with van der Waals surface area (Å²) in [6.07, 6.45) is 1.20. The molecule has 12 heavy (non-hydrogen) atoms. The van der Waals surface area contributed by atoms with Gasteiger partial charge in [-0.15, -0.1) is 0 Å². The molecule has 66 valence electrons. The van der Waals surface area contributed by atoms with Gasteiger partial charge in [0.05, 0.1) is 12.6 Å². The fourth-order valence-corrected chi connectivity index (χ4v) is 1.09. The van der Waals surface area contributed by atoms with Crippen LogP contribution in [0.3, 0.4) is 0 Å². The Balaban J connectivity index is 3.01. The highest BCUT2D eigenvalue weighted by Crippen LogP contribution is 1.91. The van der Waals surface area contributed by atoms with E-state index in [1.165, 1.54) is 4.57 Å². The summed E-state index contributed by atoms with van der Waals surface area (Å²) in [6, 6.07) is 3.57. The molecule has 0 aliphatic heterocycles. The van der Waals surface area contributed by atoms with E-state index in [1.807, 2.05) is 0 Å². The van der Waals surface area contributed by atoms with Crippen molar-refractivity contribution < 1.29 is 5.11 Å². The Kier molecular flexibility index (Phi) is 2.65. The first-order chi connectivity index (χ1) is 5.61. The quantitative estimate of drug-likeness (QED) is 0.698. The van der Waals surface area contributed by atoms with Crippen LogP contribution in [0.2, 0.25) is 0 Å². The molecule has 0 radical (unpaired) electrons. The fourth-order valence-electron chi connectivity index (χ4n) is 1.09. The largest absolute Gasteiger partial charge is 0.392 e. The highest BCUT2D eigenvalue weighted by Gasteiger charge is 2.00. The van der Waals surface area contributed by atoms with E-state index in [-0.39, 0.29) is 5.56 Å². The summed E-state index contributed by atoms with van der Waals surface area (Å²) >= 11 is 0. The van der Waals surface area contributed by atoms with Gasteiger partial charge in [0, 0.05) is 11.8 Å². The van der Waals surface area contributed by atoms with E-state index < -0.39 is 6.10 Å². The molecule has 1 N–H and O–H groups in total. The first kappa shape index (κ1) is 9.00. The number of aliphatic hydroxyl groups excluding tert-OH is 1. The first-order valence-corrected chi connectivity index (χ1v) is 3.95. The van der Waals surface area contributed by atoms with E-state index in [4.69, 9.17) is 5.11 Å². The van der Waals surface area contributed by atoms with Gasteiger partial charge in [-0.25, -0.2) is 0 Å². The molecule has 0 spiro atoms. The van der Waals surface area contributed by atoms with E-state index in [9.17, 15) is 4.79 Å². The summed E-state index contributed by atoms with van der Waals surface area (Å²) < 4.78 is 1.51. The van der Waals surface area contributed by atoms with Gasteiger partial charge in [0.2, 0.25) is 0 Å². The van der Waals surface area contributed by atoms with Gasteiger partial charge in [-0.3, -0.25) is 4.79 Å². The molecule has 0 amide bonds. The van der Waals surface area contributed by atoms with E-state index in [0.717, 1.165) is 0 Å². The highest BCUT2D eigenvalue weighted by atomic mass is 16.3. The van der Waals surface area contributed by atoms with E-state index in [2.05, 4.69) is 0 Å². The zero-order valence-electron chi connectivity index (χ0n) is 7.32. The lowest BCUT2D eigenvalue weighted by molar-refractivity contribution is 0.172. The minimum atomic E-state index is -0.482. The van der Waals surface area contributed by atoms with Crippen LogP contribution >= 0.6 is 0 Å². The highest BCUT2D eigenvalue weighted by molar-refractivity contribution is 5.07. The third kappa shape index (κ3) is 1.95. The van der Waals surface area contributed by atoms with Gasteiger partial charge < -0.3 is 9.67 Å². The molecule has 1 aromatic heterocycles. The molecule has 3 nitrogen and oxygen atoms in total. The van der Waals surface area contributed by atoms with Crippen molar-refractivity contribution in [2.75, 3.05) is 0 Å². The van der Waals surface area contributed by atoms with Gasteiger partial charge in [0.25, 0.3) is 5.56 Å². The maximum atomic E-state index is 11.4. The number of rotatable bonds is 2. The van der Waals surface area contributed by atoms with Crippen LogP contribution in [0.25, 0.3) is 0 Å². The predicted molar refractivity (Wildman–Crippen MR) is 47.1 cm³/mol. The molecule has 0 aliphatic rings. The van der Waals surface area contributed by atoms with Crippen LogP contribution in [0, 0.1) is 6.92 Å². The monoisotopic (exact) mass is 167 g/mol. The predicted octanol–water partition coefficient (Wildman–Crippen LogP) is 0.538. The molecule has 0 bridgehead atoms. The molecule has 0 aromatic carbocycles. The van der Waals surface area contributed by atoms with Gasteiger partial charge in [-0.2, -0.15) is 0 Å². The number of aryl methyl sites for hydroxylation is 1. The normalized spacial score (nSPS) is 12.9. The third-order valence-corrected chi connectivity index (χ3v) is 1.67. The molecule has 0 saturated carbocycles. The van der Waals surface area contributed by atoms with Crippen LogP contribution in [-0.4, -0.2) is 15.8 Å². The van der Waals surface area contributed by atoms with Crippen molar-refractivity contribution in [2.24, 2.45) is 0 Å². The summed E-state index contributed by atoms with van der Waals surface area (Å²) in [5, 5.41) is 9.06. The van der Waals surface area contributed by atoms with Crippen LogP contribution in [0.5, 0.6) is 0 Å². The molecule has 1 heterocycles. The second-order valence-corrected chi connectivity index (χ2v) is 3.00. The summed E-state index contributed by atoms with van der Waals surface area (Å²) in [6.45, 7) is 3.79. The Bertz CT molecular complexity index is 315. The first-order valence-electron chi connectivity index (χ1n) is 3.95. The standard InChI is InChI=1S/C9H13NO2/c1-7-4-3-5-10(9(7)12)6-8(2)11/h3-5,8,11H,6H2,1-2H3. The minimum Gasteiger partial charge on any atom is -0.392 e. The second-order valence-electron chi connectivity index (χ2n) is 3.00. The van der Waals surface area contributed by atoms with Crippen LogP contribution in [-0.2, 0) is 6.54 Å². The maximum Gasteiger partial charge on any atom is 0.253 e. The average molecular weight is 167 g/mol. The Hall–Kier alpha value is -1.09. The number of aromatic nitrogens is 1. The minimum absolute atomic E-state index is 0.0293. The zero-order chi connectivity index (χ0) is 9.14. The number of hydrogen-bond acceptors (Lipinski definition) is 2. The summed E-state index contributed by atoms with van der Waals surface area (Å²) in [5.41, 5.74) is 0.677. The van der Waals surface area contributed by atoms with E-state index in [0.29, 0.717) is 12.1 Å². The van der Waals surface area contributed by atoms with Crippen molar-refractivity contribution in [1.82, 2.24) is 4.57 Å². The van der Waals surface area contributed by atoms with Gasteiger partial charge >= 0.3 is 0 Å². The molecule has 0 aliphatic carbocycles. The lowest BCUT2D eigenvalue weighted by Crippen LogP contribution is -2.25. The summed E-state index contributed by atoms with van der Waals surface area (Å²) in [4.78, 5) is 11.4. The van der Waals surface area contributed by atoms with Crippen molar-refractivity contribution in [3.63, 3.8) is 0 Å². The van der Waals surface area contributed by atoms with Crippen molar-refractivity contribution in [1.29, 1.82) is 0 Å². The van der Waals surface area contributed by atoms with Crippen LogP contribution in [0.4, 0.5) is 0 Å². The van der Waals surface area contributed by atoms with Crippen LogP contribution < -0.4 is 5.56 Å². The molecule has 0 saturated heterocycles. The summed E-state index contributed by atoms with van der Waals surface area (Å²) in [7, 11) is 0. The number of hydrogen-bond donors (Lipinski definition) is 1. The number of pyridine rings is 1. The lowest BCUT2D eigenvalue weighted by Gasteiger charge is -2.07. The van der Waals surface area contributed by atoms with Gasteiger partial charge in [0.15, 0.2) is 0 Å². The molecule has 1 atom stereocenters. The molecule has 1 aromatic rings. The number of nitrogens with zero attached hydrogens (tertiary/aromatic N) is 1. The zero-order valence-corrected chi connectivity index (χ0v) is 7.32. The molecular formula is C9H13NO2. The van der Waals surface area contributed by atoms with Gasteiger partial charge in [0.1, 0.15) is 0 Å². The van der Waals surface area contributed by atoms with E-state index in [1.54, 1.807) is 32.2 Å². The van der Waals surface area contributed by atoms with Crippen molar-refractivity contribution in [3.05, 3.63) is 34.2 Å². The Morgan fingerprint density at radius 1 is 1.67 bits per heavy atom. The molecular weight excluding hydrogens is 154 g/mol. The Morgan fingerprint density at radius 2 is 2.33 bits per heavy atom. The average Bonchev–Trinajstić information content (AvgIpc) is 1.98. The molecule has 0 fully saturated rings. The van der Waals surface area contributed by atoms with Crippen LogP contribution in [0.1, 0.15) is 12.5 Å². The van der Waals surface area contributed by atoms with Crippen molar-refractivity contribution in [3.8, 4) is 0 Å². The molecule has 1 rings (SSSR count). The van der Waals surface area contributed by atoms with Gasteiger partial charge in [-0.1, -0.05) is 6.07 Å². The maximum absolute atomic E-state index is 11.4. The van der Waals surface area contributed by atoms with Crippen molar-refractivity contribution >= 4 is 0 Å². The topological polar surface area (TPSA) is 42.2 Å².